The standard InChI is InChI=1S/C10H8F3N3O4/c1-20-16-7(8(17)18)5-3-2-4-6(14-5)15-9(19)10(11,12)13/h2-4H,1H3,(H,17,18)(H,14,15,19)/b16-7-. The van der Waals surface area contributed by atoms with E-state index in [-0.39, 0.29) is 5.69 Å². The Balaban J connectivity index is 3.05. The number of pyridine rings is 1. The van der Waals surface area contributed by atoms with Gasteiger partial charge in [0.2, 0.25) is 5.71 Å². The zero-order chi connectivity index (χ0) is 15.3. The van der Waals surface area contributed by atoms with Crippen LogP contribution in [0.4, 0.5) is 19.0 Å². The van der Waals surface area contributed by atoms with Crippen LogP contribution in [0.2, 0.25) is 0 Å². The Morgan fingerprint density at radius 2 is 2.05 bits per heavy atom. The number of oxime groups is 1. The van der Waals surface area contributed by atoms with E-state index in [9.17, 15) is 22.8 Å². The third-order valence-electron chi connectivity index (χ3n) is 1.88. The summed E-state index contributed by atoms with van der Waals surface area (Å²) in [6.07, 6.45) is -5.08. The van der Waals surface area contributed by atoms with Gasteiger partial charge in [0, 0.05) is 0 Å². The monoisotopic (exact) mass is 291 g/mol. The zero-order valence-electron chi connectivity index (χ0n) is 9.93. The van der Waals surface area contributed by atoms with Crippen LogP contribution in [-0.4, -0.2) is 41.0 Å². The maximum Gasteiger partial charge on any atom is 0.471 e. The largest absolute Gasteiger partial charge is 0.476 e. The summed E-state index contributed by atoms with van der Waals surface area (Å²) < 4.78 is 36.2. The molecule has 1 aromatic rings. The lowest BCUT2D eigenvalue weighted by Crippen LogP contribution is -2.30. The van der Waals surface area contributed by atoms with Gasteiger partial charge in [-0.15, -0.1) is 0 Å². The van der Waals surface area contributed by atoms with E-state index >= 15 is 0 Å². The summed E-state index contributed by atoms with van der Waals surface area (Å²) in [4.78, 5) is 29.4. The normalized spacial score (nSPS) is 11.9. The Morgan fingerprint density at radius 1 is 1.40 bits per heavy atom. The maximum absolute atomic E-state index is 12.1. The van der Waals surface area contributed by atoms with Crippen molar-refractivity contribution >= 4 is 23.4 Å². The molecule has 108 valence electrons. The van der Waals surface area contributed by atoms with Gasteiger partial charge in [0.05, 0.1) is 0 Å². The highest BCUT2D eigenvalue weighted by molar-refractivity contribution is 6.41. The van der Waals surface area contributed by atoms with Crippen molar-refractivity contribution in [2.24, 2.45) is 5.16 Å². The molecule has 10 heteroatoms. The van der Waals surface area contributed by atoms with E-state index < -0.39 is 29.6 Å². The fraction of sp³-hybridized carbons (Fsp3) is 0.200. The molecule has 0 radical (unpaired) electrons. The van der Waals surface area contributed by atoms with Crippen LogP contribution in [-0.2, 0) is 14.4 Å². The van der Waals surface area contributed by atoms with E-state index in [1.54, 1.807) is 0 Å². The first-order valence-electron chi connectivity index (χ1n) is 4.95. The van der Waals surface area contributed by atoms with Gasteiger partial charge >= 0.3 is 18.1 Å². The van der Waals surface area contributed by atoms with Crippen LogP contribution in [0.1, 0.15) is 5.69 Å². The van der Waals surface area contributed by atoms with E-state index in [1.165, 1.54) is 17.4 Å². The van der Waals surface area contributed by atoms with Gasteiger partial charge in [-0.1, -0.05) is 11.2 Å². The Labute approximate surface area is 110 Å². The number of aromatic nitrogens is 1. The Bertz CT molecular complexity index is 557. The van der Waals surface area contributed by atoms with E-state index in [1.807, 2.05) is 0 Å². The van der Waals surface area contributed by atoms with E-state index in [0.717, 1.165) is 13.2 Å². The number of hydrogen-bond acceptors (Lipinski definition) is 5. The molecule has 0 saturated heterocycles. The molecule has 0 aliphatic heterocycles. The third kappa shape index (κ3) is 3.93. The van der Waals surface area contributed by atoms with Gasteiger partial charge < -0.3 is 15.3 Å². The molecule has 1 rings (SSSR count). The number of carboxylic acids is 1. The molecule has 0 atom stereocenters. The minimum Gasteiger partial charge on any atom is -0.476 e. The van der Waals surface area contributed by atoms with Crippen molar-refractivity contribution in [1.82, 2.24) is 4.98 Å². The maximum atomic E-state index is 12.1. The quantitative estimate of drug-likeness (QED) is 0.637. The predicted octanol–water partition coefficient (Wildman–Crippen LogP) is 1.02. The van der Waals surface area contributed by atoms with Crippen LogP contribution in [0.25, 0.3) is 0 Å². The Kier molecular flexibility index (Phi) is 4.62. The first-order chi connectivity index (χ1) is 9.25. The molecular formula is C10H8F3N3O4. The molecular weight excluding hydrogens is 283 g/mol. The summed E-state index contributed by atoms with van der Waals surface area (Å²) in [6, 6.07) is 3.47. The molecule has 0 unspecified atom stereocenters. The van der Waals surface area contributed by atoms with Crippen molar-refractivity contribution in [3.05, 3.63) is 23.9 Å². The van der Waals surface area contributed by atoms with E-state index in [2.05, 4.69) is 15.0 Å². The Morgan fingerprint density at radius 3 is 2.55 bits per heavy atom. The summed E-state index contributed by atoms with van der Waals surface area (Å²) in [5, 5.41) is 13.5. The fourth-order valence-electron chi connectivity index (χ4n) is 1.11. The highest BCUT2D eigenvalue weighted by Gasteiger charge is 2.39. The summed E-state index contributed by atoms with van der Waals surface area (Å²) in [5.41, 5.74) is -0.880. The Hall–Kier alpha value is -2.65. The number of carboxylic acid groups (broad SMARTS) is 1. The topological polar surface area (TPSA) is 101 Å². The summed E-state index contributed by atoms with van der Waals surface area (Å²) >= 11 is 0. The van der Waals surface area contributed by atoms with Crippen molar-refractivity contribution in [2.75, 3.05) is 12.4 Å². The summed E-state index contributed by atoms with van der Waals surface area (Å²) in [5.74, 6) is -4.17. The number of nitrogens with one attached hydrogen (secondary N) is 1. The van der Waals surface area contributed by atoms with E-state index in [0.29, 0.717) is 0 Å². The average molecular weight is 291 g/mol. The number of hydrogen-bond donors (Lipinski definition) is 2. The number of carbonyl (C=O) groups excluding carboxylic acids is 1. The molecule has 0 saturated carbocycles. The first-order valence-corrected chi connectivity index (χ1v) is 4.95. The van der Waals surface area contributed by atoms with Gasteiger partial charge in [0.1, 0.15) is 18.6 Å². The minimum absolute atomic E-state index is 0.265. The number of nitrogens with zero attached hydrogens (tertiary/aromatic N) is 2. The van der Waals surface area contributed by atoms with Crippen molar-refractivity contribution in [2.45, 2.75) is 6.18 Å². The molecule has 0 aliphatic carbocycles. The number of anilines is 1. The molecule has 0 bridgehead atoms. The van der Waals surface area contributed by atoms with Crippen molar-refractivity contribution in [3.63, 3.8) is 0 Å². The van der Waals surface area contributed by atoms with Crippen molar-refractivity contribution < 1.29 is 32.7 Å². The molecule has 0 spiro atoms. The molecule has 0 aromatic carbocycles. The molecule has 20 heavy (non-hydrogen) atoms. The van der Waals surface area contributed by atoms with Gasteiger partial charge in [0.25, 0.3) is 0 Å². The highest BCUT2D eigenvalue weighted by atomic mass is 19.4. The molecule has 0 aliphatic rings. The second kappa shape index (κ2) is 5.99. The average Bonchev–Trinajstić information content (AvgIpc) is 2.34. The van der Waals surface area contributed by atoms with Crippen molar-refractivity contribution in [1.29, 1.82) is 0 Å². The number of carbonyl (C=O) groups is 2. The first kappa shape index (κ1) is 15.4. The molecule has 1 heterocycles. The molecule has 2 N–H and O–H groups in total. The van der Waals surface area contributed by atoms with Gasteiger partial charge in [-0.2, -0.15) is 13.2 Å². The van der Waals surface area contributed by atoms with Crippen LogP contribution in [0.15, 0.2) is 23.4 Å². The van der Waals surface area contributed by atoms with Gasteiger partial charge in [-0.25, -0.2) is 9.78 Å². The smallest absolute Gasteiger partial charge is 0.471 e. The van der Waals surface area contributed by atoms with Crippen LogP contribution >= 0.6 is 0 Å². The van der Waals surface area contributed by atoms with Gasteiger partial charge in [0.15, 0.2) is 0 Å². The summed E-state index contributed by atoms with van der Waals surface area (Å²) in [6.45, 7) is 0. The SMILES string of the molecule is CO/N=C(\C(=O)O)c1cccc(NC(=O)C(F)(F)F)n1. The molecule has 0 fully saturated rings. The molecule has 1 aromatic heterocycles. The van der Waals surface area contributed by atoms with Crippen LogP contribution < -0.4 is 5.32 Å². The highest BCUT2D eigenvalue weighted by Crippen LogP contribution is 2.17. The second-order valence-electron chi connectivity index (χ2n) is 3.29. The number of amides is 1. The van der Waals surface area contributed by atoms with Crippen LogP contribution in [0.3, 0.4) is 0 Å². The van der Waals surface area contributed by atoms with Gasteiger partial charge in [-0.3, -0.25) is 4.79 Å². The predicted molar refractivity (Wildman–Crippen MR) is 60.1 cm³/mol. The minimum atomic E-state index is -5.08. The zero-order valence-corrected chi connectivity index (χ0v) is 9.93. The second-order valence-corrected chi connectivity index (χ2v) is 3.29. The van der Waals surface area contributed by atoms with Gasteiger partial charge in [-0.05, 0) is 12.1 Å². The fourth-order valence-corrected chi connectivity index (χ4v) is 1.11. The van der Waals surface area contributed by atoms with Crippen molar-refractivity contribution in [3.8, 4) is 0 Å². The van der Waals surface area contributed by atoms with Crippen LogP contribution in [0, 0.1) is 0 Å². The lowest BCUT2D eigenvalue weighted by Gasteiger charge is -2.08. The molecule has 1 amide bonds. The lowest BCUT2D eigenvalue weighted by atomic mass is 10.2. The summed E-state index contributed by atoms with van der Waals surface area (Å²) in [7, 11) is 1.10. The molecule has 7 nitrogen and oxygen atoms in total. The number of halogens is 3. The number of aliphatic carboxylic acids is 1. The van der Waals surface area contributed by atoms with E-state index in [4.69, 9.17) is 5.11 Å². The third-order valence-corrected chi connectivity index (χ3v) is 1.88. The van der Waals surface area contributed by atoms with Crippen LogP contribution in [0.5, 0.6) is 0 Å². The number of rotatable bonds is 4. The lowest BCUT2D eigenvalue weighted by molar-refractivity contribution is -0.167. The number of alkyl halides is 3.